The van der Waals surface area contributed by atoms with Gasteiger partial charge in [0.05, 0.1) is 27.2 Å². The average molecular weight is 452 g/mol. The molecule has 138 valence electrons. The van der Waals surface area contributed by atoms with Gasteiger partial charge in [0.2, 0.25) is 0 Å². The molecule has 0 atom stereocenters. The Hall–Kier alpha value is -0.740. The van der Waals surface area contributed by atoms with Crippen molar-refractivity contribution in [3.63, 3.8) is 0 Å². The largest absolute Gasteiger partial charge is 0.328 e. The summed E-state index contributed by atoms with van der Waals surface area (Å²) in [6.07, 6.45) is 6.01. The van der Waals surface area contributed by atoms with Crippen molar-refractivity contribution in [2.75, 3.05) is 32.5 Å². The lowest BCUT2D eigenvalue weighted by Gasteiger charge is -2.30. The van der Waals surface area contributed by atoms with Crippen LogP contribution in [0.15, 0.2) is 58.3 Å². The number of hydrogen-bond acceptors (Lipinski definition) is 1. The number of fused-ring (bicyclic) bond motifs is 2. The van der Waals surface area contributed by atoms with Gasteiger partial charge in [-0.2, -0.15) is 0 Å². The van der Waals surface area contributed by atoms with E-state index in [0.29, 0.717) is 0 Å². The Bertz CT molecular complexity index is 800. The quantitative estimate of drug-likeness (QED) is 0.214. The van der Waals surface area contributed by atoms with Crippen LogP contribution in [-0.4, -0.2) is 37.0 Å². The highest BCUT2D eigenvalue weighted by Gasteiger charge is 2.21. The van der Waals surface area contributed by atoms with E-state index in [1.165, 1.54) is 45.9 Å². The highest BCUT2D eigenvalue weighted by molar-refractivity contribution is 9.09. The minimum Gasteiger partial charge on any atom is -0.328 e. The molecule has 1 nitrogen and oxygen atoms in total. The Morgan fingerprint density at radius 3 is 2.58 bits per heavy atom. The van der Waals surface area contributed by atoms with Gasteiger partial charge in [0.1, 0.15) is 0 Å². The fraction of sp³-hybridized carbons (Fsp3) is 0.364. The number of unbranched alkanes of at least 4 members (excludes halogenated alkanes) is 1. The van der Waals surface area contributed by atoms with Gasteiger partial charge in [-0.25, -0.2) is 0 Å². The topological polar surface area (TPSA) is 0 Å². The van der Waals surface area contributed by atoms with Gasteiger partial charge in [0.15, 0.2) is 0 Å². The van der Waals surface area contributed by atoms with Crippen molar-refractivity contribution in [2.45, 2.75) is 29.1 Å². The smallest absolute Gasteiger partial charge is 0.0817 e. The first kappa shape index (κ1) is 20.0. The van der Waals surface area contributed by atoms with Crippen LogP contribution >= 0.6 is 39.3 Å². The molecular weight excluding hydrogens is 426 g/mol. The lowest BCUT2D eigenvalue weighted by atomic mass is 9.96. The van der Waals surface area contributed by atoms with E-state index < -0.39 is 0 Å². The maximum Gasteiger partial charge on any atom is 0.0817 e. The third kappa shape index (κ3) is 4.95. The van der Waals surface area contributed by atoms with Crippen LogP contribution in [0.4, 0.5) is 0 Å². The fourth-order valence-corrected chi connectivity index (χ4v) is 5.02. The zero-order valence-electron chi connectivity index (χ0n) is 15.5. The highest BCUT2D eigenvalue weighted by Crippen LogP contribution is 2.46. The normalized spacial score (nSPS) is 15.0. The van der Waals surface area contributed by atoms with Gasteiger partial charge >= 0.3 is 0 Å². The molecule has 2 aromatic rings. The number of benzene rings is 2. The second kappa shape index (κ2) is 8.97. The number of alkyl halides is 1. The van der Waals surface area contributed by atoms with E-state index >= 15 is 0 Å². The standard InChI is InChI=1S/C22H26BrClNS/c1-25(2,14-6-5-13-23)15-7-9-18-19-8-3-4-10-21(19)26-22-12-11-17(24)16-20(18)22/h3-4,8-12,16H,5-7,13-15H2,1-2H3/q+1/b18-9-. The first-order chi connectivity index (χ1) is 12.5. The Morgan fingerprint density at radius 1 is 1.00 bits per heavy atom. The maximum atomic E-state index is 6.30. The van der Waals surface area contributed by atoms with Crippen molar-refractivity contribution in [2.24, 2.45) is 0 Å². The van der Waals surface area contributed by atoms with Crippen molar-refractivity contribution in [3.8, 4) is 0 Å². The summed E-state index contributed by atoms with van der Waals surface area (Å²) in [5.74, 6) is 0. The molecule has 2 aromatic carbocycles. The lowest BCUT2D eigenvalue weighted by Crippen LogP contribution is -2.41. The second-order valence-electron chi connectivity index (χ2n) is 7.42. The second-order valence-corrected chi connectivity index (χ2v) is 9.74. The summed E-state index contributed by atoms with van der Waals surface area (Å²) in [7, 11) is 4.67. The van der Waals surface area contributed by atoms with Crippen molar-refractivity contribution < 1.29 is 4.48 Å². The molecule has 1 aliphatic rings. The summed E-state index contributed by atoms with van der Waals surface area (Å²) >= 11 is 11.7. The molecule has 1 heterocycles. The Balaban J connectivity index is 1.82. The number of rotatable bonds is 7. The fourth-order valence-electron chi connectivity index (χ4n) is 3.37. The van der Waals surface area contributed by atoms with Crippen LogP contribution in [0.25, 0.3) is 5.57 Å². The van der Waals surface area contributed by atoms with Crippen molar-refractivity contribution >= 4 is 44.9 Å². The van der Waals surface area contributed by atoms with E-state index in [9.17, 15) is 0 Å². The van der Waals surface area contributed by atoms with Gasteiger partial charge in [-0.3, -0.25) is 0 Å². The minimum atomic E-state index is 0.806. The highest BCUT2D eigenvalue weighted by atomic mass is 79.9. The molecule has 0 N–H and O–H groups in total. The Labute approximate surface area is 175 Å². The van der Waals surface area contributed by atoms with E-state index in [-0.39, 0.29) is 0 Å². The average Bonchev–Trinajstić information content (AvgIpc) is 2.61. The molecular formula is C22H26BrClNS+. The molecule has 1 aliphatic heterocycles. The van der Waals surface area contributed by atoms with Gasteiger partial charge in [-0.1, -0.05) is 63.6 Å². The van der Waals surface area contributed by atoms with Crippen molar-refractivity contribution in [3.05, 3.63) is 64.7 Å². The number of nitrogens with zero attached hydrogens (tertiary/aromatic N) is 1. The van der Waals surface area contributed by atoms with Crippen molar-refractivity contribution in [1.82, 2.24) is 0 Å². The van der Waals surface area contributed by atoms with Crippen LogP contribution in [0.1, 0.15) is 30.4 Å². The first-order valence-corrected chi connectivity index (χ1v) is 11.5. The summed E-state index contributed by atoms with van der Waals surface area (Å²) in [6, 6.07) is 14.9. The predicted molar refractivity (Wildman–Crippen MR) is 119 cm³/mol. The first-order valence-electron chi connectivity index (χ1n) is 9.15. The molecule has 0 aliphatic carbocycles. The summed E-state index contributed by atoms with van der Waals surface area (Å²) in [4.78, 5) is 2.63. The molecule has 0 saturated heterocycles. The molecule has 3 rings (SSSR count). The van der Waals surface area contributed by atoms with Crippen LogP contribution in [-0.2, 0) is 0 Å². The van der Waals surface area contributed by atoms with Crippen LogP contribution in [0.3, 0.4) is 0 Å². The zero-order chi connectivity index (χ0) is 18.6. The minimum absolute atomic E-state index is 0.806. The molecule has 0 unspecified atom stereocenters. The SMILES string of the molecule is C[N+](C)(CC/C=C1/c2ccccc2Sc2ccc(Cl)cc21)CCCCBr. The van der Waals surface area contributed by atoms with Gasteiger partial charge in [0, 0.05) is 26.6 Å². The summed E-state index contributed by atoms with van der Waals surface area (Å²) in [5.41, 5.74) is 3.93. The molecule has 0 radical (unpaired) electrons. The van der Waals surface area contributed by atoms with Gasteiger partial charge in [0.25, 0.3) is 0 Å². The summed E-state index contributed by atoms with van der Waals surface area (Å²) in [5, 5.41) is 1.91. The third-order valence-electron chi connectivity index (χ3n) is 4.86. The van der Waals surface area contributed by atoms with Crippen LogP contribution < -0.4 is 0 Å². The number of hydrogen-bond donors (Lipinski definition) is 0. The monoisotopic (exact) mass is 450 g/mol. The van der Waals surface area contributed by atoms with Crippen LogP contribution in [0.2, 0.25) is 5.02 Å². The van der Waals surface area contributed by atoms with Gasteiger partial charge in [-0.15, -0.1) is 0 Å². The van der Waals surface area contributed by atoms with E-state index in [0.717, 1.165) is 27.8 Å². The number of quaternary nitrogens is 1. The molecule has 4 heteroatoms. The van der Waals surface area contributed by atoms with Gasteiger partial charge in [-0.05, 0) is 53.8 Å². The summed E-state index contributed by atoms with van der Waals surface area (Å²) < 4.78 is 1.07. The van der Waals surface area contributed by atoms with Crippen LogP contribution in [0.5, 0.6) is 0 Å². The van der Waals surface area contributed by atoms with E-state index in [1.54, 1.807) is 0 Å². The molecule has 26 heavy (non-hydrogen) atoms. The van der Waals surface area contributed by atoms with E-state index in [4.69, 9.17) is 11.6 Å². The van der Waals surface area contributed by atoms with Crippen molar-refractivity contribution in [1.29, 1.82) is 0 Å². The van der Waals surface area contributed by atoms with Crippen LogP contribution in [0, 0.1) is 0 Å². The lowest BCUT2D eigenvalue weighted by molar-refractivity contribution is -0.890. The van der Waals surface area contributed by atoms with Gasteiger partial charge < -0.3 is 4.48 Å². The molecule has 0 aromatic heterocycles. The molecule has 0 fully saturated rings. The molecule has 0 spiro atoms. The molecule has 0 saturated carbocycles. The Kier molecular flexibility index (Phi) is 6.90. The predicted octanol–water partition coefficient (Wildman–Crippen LogP) is 6.88. The summed E-state index contributed by atoms with van der Waals surface area (Å²) in [6.45, 7) is 2.38. The number of halogens is 2. The third-order valence-corrected chi connectivity index (χ3v) is 6.81. The molecule has 0 amide bonds. The van der Waals surface area contributed by atoms with E-state index in [2.05, 4.69) is 72.5 Å². The maximum absolute atomic E-state index is 6.30. The van der Waals surface area contributed by atoms with E-state index in [1.807, 2.05) is 17.8 Å². The zero-order valence-corrected chi connectivity index (χ0v) is 18.6. The molecule has 0 bridgehead atoms. The Morgan fingerprint density at radius 2 is 1.77 bits per heavy atom.